The van der Waals surface area contributed by atoms with E-state index in [9.17, 15) is 0 Å². The number of hydrogen-bond acceptors (Lipinski definition) is 0. The van der Waals surface area contributed by atoms with Gasteiger partial charge in [-0.1, -0.05) is 39.5 Å². The fraction of sp³-hybridized carbons (Fsp3) is 1.00. The first kappa shape index (κ1) is 11.1. The molecule has 0 amide bonds. The minimum atomic E-state index is 1.00. The molecule has 0 heterocycles. The quantitative estimate of drug-likeness (QED) is 0.545. The predicted molar refractivity (Wildman–Crippen MR) is 69.2 cm³/mol. The topological polar surface area (TPSA) is 0 Å². The first-order valence-corrected chi connectivity index (χ1v) is 7.77. The molecule has 0 heteroatoms. The largest absolute Gasteiger partial charge is 0.0622 e. The average Bonchev–Trinajstić information content (AvgIpc) is 2.33. The van der Waals surface area contributed by atoms with Crippen molar-refractivity contribution in [2.75, 3.05) is 0 Å². The number of rotatable bonds is 0. The Hall–Kier alpha value is 0. The maximum atomic E-state index is 2.57. The summed E-state index contributed by atoms with van der Waals surface area (Å²) in [5.74, 6) is 6.51. The summed E-state index contributed by atoms with van der Waals surface area (Å²) in [6.45, 7) is 5.08. The molecule has 0 aromatic rings. The van der Waals surface area contributed by atoms with Crippen LogP contribution in [0.25, 0.3) is 0 Å². The van der Waals surface area contributed by atoms with Crippen LogP contribution in [-0.4, -0.2) is 0 Å². The minimum absolute atomic E-state index is 1.00. The molecule has 0 aromatic heterocycles. The smallest absolute Gasteiger partial charge is 0.0326 e. The second-order valence-electron chi connectivity index (χ2n) is 7.04. The molecule has 0 aromatic carbocycles. The fourth-order valence-electron chi connectivity index (χ4n) is 5.35. The Morgan fingerprint density at radius 2 is 1.38 bits per heavy atom. The van der Waals surface area contributed by atoms with Crippen LogP contribution < -0.4 is 0 Å². The van der Waals surface area contributed by atoms with Gasteiger partial charge in [-0.3, -0.25) is 0 Å². The first-order chi connectivity index (χ1) is 7.77. The molecule has 3 aliphatic rings. The van der Waals surface area contributed by atoms with Gasteiger partial charge in [-0.05, 0) is 61.2 Å². The summed E-state index contributed by atoms with van der Waals surface area (Å²) in [5, 5.41) is 0. The van der Waals surface area contributed by atoms with Crippen LogP contribution in [0.1, 0.15) is 65.2 Å². The molecule has 0 N–H and O–H groups in total. The Bertz CT molecular complexity index is 242. The van der Waals surface area contributed by atoms with Crippen LogP contribution in [0.4, 0.5) is 0 Å². The molecule has 0 radical (unpaired) electrons. The summed E-state index contributed by atoms with van der Waals surface area (Å²) in [6, 6.07) is 0. The molecule has 92 valence electrons. The summed E-state index contributed by atoms with van der Waals surface area (Å²) >= 11 is 0. The van der Waals surface area contributed by atoms with E-state index in [0.29, 0.717) is 0 Å². The highest BCUT2D eigenvalue weighted by Gasteiger charge is 2.45. The van der Waals surface area contributed by atoms with E-state index in [2.05, 4.69) is 13.8 Å². The Morgan fingerprint density at radius 1 is 0.688 bits per heavy atom. The lowest BCUT2D eigenvalue weighted by molar-refractivity contribution is -0.0256. The Balaban J connectivity index is 1.80. The van der Waals surface area contributed by atoms with E-state index < -0.39 is 0 Å². The van der Waals surface area contributed by atoms with Gasteiger partial charge in [0.15, 0.2) is 0 Å². The van der Waals surface area contributed by atoms with Gasteiger partial charge in [0.1, 0.15) is 0 Å². The lowest BCUT2D eigenvalue weighted by atomic mass is 9.53. The zero-order valence-corrected chi connectivity index (χ0v) is 11.1. The molecule has 3 rings (SSSR count). The van der Waals surface area contributed by atoms with E-state index >= 15 is 0 Å². The standard InChI is InChI=1S/C16H28/c1-11-7-8-14-10-9-13-5-3-4-6-15(13)16(14)12(11)2/h11-16H,3-10H2,1-2H3. The molecular formula is C16H28. The van der Waals surface area contributed by atoms with E-state index in [4.69, 9.17) is 0 Å². The van der Waals surface area contributed by atoms with E-state index in [1.54, 1.807) is 32.1 Å². The summed E-state index contributed by atoms with van der Waals surface area (Å²) < 4.78 is 0. The van der Waals surface area contributed by atoms with Crippen molar-refractivity contribution in [3.63, 3.8) is 0 Å². The minimum Gasteiger partial charge on any atom is -0.0622 e. The zero-order valence-electron chi connectivity index (χ0n) is 11.1. The molecule has 0 spiro atoms. The second-order valence-corrected chi connectivity index (χ2v) is 7.04. The van der Waals surface area contributed by atoms with Crippen LogP contribution >= 0.6 is 0 Å². The van der Waals surface area contributed by atoms with Crippen LogP contribution in [0.15, 0.2) is 0 Å². The first-order valence-electron chi connectivity index (χ1n) is 7.77. The summed E-state index contributed by atoms with van der Waals surface area (Å²) in [5.41, 5.74) is 0. The van der Waals surface area contributed by atoms with Crippen molar-refractivity contribution in [1.29, 1.82) is 0 Å². The van der Waals surface area contributed by atoms with Crippen molar-refractivity contribution in [2.24, 2.45) is 35.5 Å². The molecule has 6 atom stereocenters. The molecule has 0 bridgehead atoms. The highest BCUT2D eigenvalue weighted by Crippen LogP contribution is 2.54. The summed E-state index contributed by atoms with van der Waals surface area (Å²) in [4.78, 5) is 0. The normalized spacial score (nSPS) is 52.9. The van der Waals surface area contributed by atoms with Gasteiger partial charge in [0.25, 0.3) is 0 Å². The highest BCUT2D eigenvalue weighted by atomic mass is 14.5. The summed E-state index contributed by atoms with van der Waals surface area (Å²) in [6.07, 6.45) is 12.4. The number of fused-ring (bicyclic) bond motifs is 3. The molecule has 0 aliphatic heterocycles. The van der Waals surface area contributed by atoms with Crippen LogP contribution in [0.2, 0.25) is 0 Å². The van der Waals surface area contributed by atoms with Crippen molar-refractivity contribution in [2.45, 2.75) is 65.2 Å². The van der Waals surface area contributed by atoms with Crippen molar-refractivity contribution >= 4 is 0 Å². The zero-order chi connectivity index (χ0) is 11.1. The maximum Gasteiger partial charge on any atom is -0.0326 e. The van der Waals surface area contributed by atoms with Gasteiger partial charge >= 0.3 is 0 Å². The molecule has 3 saturated carbocycles. The van der Waals surface area contributed by atoms with Crippen molar-refractivity contribution in [3.05, 3.63) is 0 Å². The summed E-state index contributed by atoms with van der Waals surface area (Å²) in [7, 11) is 0. The van der Waals surface area contributed by atoms with Gasteiger partial charge in [-0.15, -0.1) is 0 Å². The Kier molecular flexibility index (Phi) is 3.02. The molecule has 0 saturated heterocycles. The highest BCUT2D eigenvalue weighted by molar-refractivity contribution is 4.95. The lowest BCUT2D eigenvalue weighted by Gasteiger charge is -2.52. The lowest BCUT2D eigenvalue weighted by Crippen LogP contribution is -2.44. The average molecular weight is 220 g/mol. The Labute approximate surface area is 101 Å². The van der Waals surface area contributed by atoms with Gasteiger partial charge < -0.3 is 0 Å². The third-order valence-corrected chi connectivity index (χ3v) is 6.41. The third kappa shape index (κ3) is 1.73. The SMILES string of the molecule is CC1CCC2CCC3CCCCC3C2C1C. The second kappa shape index (κ2) is 4.35. The van der Waals surface area contributed by atoms with Gasteiger partial charge in [0.05, 0.1) is 0 Å². The van der Waals surface area contributed by atoms with E-state index in [0.717, 1.165) is 35.5 Å². The van der Waals surface area contributed by atoms with Crippen LogP contribution in [0, 0.1) is 35.5 Å². The van der Waals surface area contributed by atoms with E-state index in [-0.39, 0.29) is 0 Å². The van der Waals surface area contributed by atoms with Crippen LogP contribution in [-0.2, 0) is 0 Å². The molecule has 0 nitrogen and oxygen atoms in total. The molecule has 16 heavy (non-hydrogen) atoms. The number of hydrogen-bond donors (Lipinski definition) is 0. The van der Waals surface area contributed by atoms with Crippen LogP contribution in [0.5, 0.6) is 0 Å². The van der Waals surface area contributed by atoms with E-state index in [1.165, 1.54) is 19.3 Å². The molecule has 6 unspecified atom stereocenters. The predicted octanol–water partition coefficient (Wildman–Crippen LogP) is 4.89. The molecular weight excluding hydrogens is 192 g/mol. The van der Waals surface area contributed by atoms with Gasteiger partial charge in [0, 0.05) is 0 Å². The fourth-order valence-corrected chi connectivity index (χ4v) is 5.35. The van der Waals surface area contributed by atoms with Crippen molar-refractivity contribution in [3.8, 4) is 0 Å². The van der Waals surface area contributed by atoms with Crippen molar-refractivity contribution in [1.82, 2.24) is 0 Å². The Morgan fingerprint density at radius 3 is 2.25 bits per heavy atom. The van der Waals surface area contributed by atoms with Crippen molar-refractivity contribution < 1.29 is 0 Å². The molecule has 3 aliphatic carbocycles. The van der Waals surface area contributed by atoms with Gasteiger partial charge in [-0.25, -0.2) is 0 Å². The third-order valence-electron chi connectivity index (χ3n) is 6.41. The van der Waals surface area contributed by atoms with Gasteiger partial charge in [-0.2, -0.15) is 0 Å². The van der Waals surface area contributed by atoms with E-state index in [1.807, 2.05) is 0 Å². The van der Waals surface area contributed by atoms with Crippen LogP contribution in [0.3, 0.4) is 0 Å². The maximum absolute atomic E-state index is 2.57. The van der Waals surface area contributed by atoms with Gasteiger partial charge in [0.2, 0.25) is 0 Å². The molecule has 3 fully saturated rings. The monoisotopic (exact) mass is 220 g/mol.